The van der Waals surface area contributed by atoms with Crippen LogP contribution in [0.1, 0.15) is 42.4 Å². The summed E-state index contributed by atoms with van der Waals surface area (Å²) in [7, 11) is 0. The van der Waals surface area contributed by atoms with E-state index < -0.39 is 0 Å². The Morgan fingerprint density at radius 2 is 2.10 bits per heavy atom. The lowest BCUT2D eigenvalue weighted by Gasteiger charge is -2.36. The molecule has 1 heterocycles. The monoisotopic (exact) mass is 274 g/mol. The first kappa shape index (κ1) is 15.0. The molecule has 1 aliphatic rings. The molecule has 0 spiro atoms. The van der Waals surface area contributed by atoms with Gasteiger partial charge in [-0.1, -0.05) is 18.2 Å². The van der Waals surface area contributed by atoms with Gasteiger partial charge >= 0.3 is 0 Å². The predicted molar refractivity (Wildman–Crippen MR) is 82.6 cm³/mol. The van der Waals surface area contributed by atoms with Gasteiger partial charge in [0.2, 0.25) is 5.91 Å². The number of carbonyl (C=O) groups is 1. The summed E-state index contributed by atoms with van der Waals surface area (Å²) >= 11 is 0. The molecule has 1 aliphatic heterocycles. The van der Waals surface area contributed by atoms with Crippen LogP contribution in [0.15, 0.2) is 18.2 Å². The first-order chi connectivity index (χ1) is 9.61. The van der Waals surface area contributed by atoms with Gasteiger partial charge in [-0.25, -0.2) is 0 Å². The van der Waals surface area contributed by atoms with Gasteiger partial charge in [0.15, 0.2) is 0 Å². The van der Waals surface area contributed by atoms with E-state index in [9.17, 15) is 4.79 Å². The number of rotatable bonds is 4. The molecule has 0 radical (unpaired) electrons. The molecule has 3 heteroatoms. The van der Waals surface area contributed by atoms with Crippen molar-refractivity contribution in [1.82, 2.24) is 4.90 Å². The van der Waals surface area contributed by atoms with Crippen LogP contribution < -0.4 is 5.73 Å². The highest BCUT2D eigenvalue weighted by Gasteiger charge is 2.25. The zero-order valence-electron chi connectivity index (χ0n) is 12.7. The fraction of sp³-hybridized carbons (Fsp3) is 0.588. The Balaban J connectivity index is 2.03. The number of likely N-dealkylation sites (tertiary alicyclic amines) is 1. The Labute approximate surface area is 122 Å². The van der Waals surface area contributed by atoms with E-state index in [4.69, 9.17) is 5.73 Å². The average Bonchev–Trinajstić information content (AvgIpc) is 2.44. The van der Waals surface area contributed by atoms with Crippen molar-refractivity contribution in [3.8, 4) is 0 Å². The summed E-state index contributed by atoms with van der Waals surface area (Å²) in [4.78, 5) is 14.6. The van der Waals surface area contributed by atoms with E-state index in [2.05, 4.69) is 36.9 Å². The lowest BCUT2D eigenvalue weighted by molar-refractivity contribution is -0.134. The summed E-state index contributed by atoms with van der Waals surface area (Å²) in [5.74, 6) is 0.256. The molecule has 1 unspecified atom stereocenters. The predicted octanol–water partition coefficient (Wildman–Crippen LogP) is 2.58. The number of amides is 1. The van der Waals surface area contributed by atoms with Crippen molar-refractivity contribution in [2.24, 2.45) is 5.73 Å². The topological polar surface area (TPSA) is 46.3 Å². The van der Waals surface area contributed by atoms with Gasteiger partial charge in [-0.05, 0) is 62.8 Å². The summed E-state index contributed by atoms with van der Waals surface area (Å²) in [5, 5.41) is 0. The number of aryl methyl sites for hydroxylation is 2. The van der Waals surface area contributed by atoms with Gasteiger partial charge in [-0.15, -0.1) is 0 Å². The number of piperidine rings is 1. The van der Waals surface area contributed by atoms with E-state index >= 15 is 0 Å². The molecule has 1 fully saturated rings. The van der Waals surface area contributed by atoms with Crippen LogP contribution in [-0.4, -0.2) is 29.9 Å². The van der Waals surface area contributed by atoms with E-state index in [1.807, 2.05) is 0 Å². The lowest BCUT2D eigenvalue weighted by Crippen LogP contribution is -2.45. The average molecular weight is 274 g/mol. The van der Waals surface area contributed by atoms with Gasteiger partial charge in [-0.3, -0.25) is 4.79 Å². The highest BCUT2D eigenvalue weighted by atomic mass is 16.2. The molecule has 110 valence electrons. The van der Waals surface area contributed by atoms with Gasteiger partial charge in [-0.2, -0.15) is 0 Å². The van der Waals surface area contributed by atoms with E-state index in [0.717, 1.165) is 31.4 Å². The maximum atomic E-state index is 12.5. The van der Waals surface area contributed by atoms with Crippen molar-refractivity contribution < 1.29 is 4.79 Å². The van der Waals surface area contributed by atoms with Crippen molar-refractivity contribution >= 4 is 5.91 Å². The van der Waals surface area contributed by atoms with Gasteiger partial charge in [0.05, 0.1) is 6.42 Å². The van der Waals surface area contributed by atoms with Crippen LogP contribution in [0.2, 0.25) is 0 Å². The summed E-state index contributed by atoms with van der Waals surface area (Å²) in [6, 6.07) is 6.66. The highest BCUT2D eigenvalue weighted by molar-refractivity contribution is 5.79. The van der Waals surface area contributed by atoms with Crippen LogP contribution in [0.25, 0.3) is 0 Å². The van der Waals surface area contributed by atoms with E-state index in [1.54, 1.807) is 0 Å². The maximum Gasteiger partial charge on any atom is 0.227 e. The minimum Gasteiger partial charge on any atom is -0.339 e. The SMILES string of the molecule is Cc1ccc(CC(=O)N2CCCCC2CCN)cc1C. The molecule has 0 aliphatic carbocycles. The smallest absolute Gasteiger partial charge is 0.227 e. The molecule has 3 nitrogen and oxygen atoms in total. The van der Waals surface area contributed by atoms with E-state index in [0.29, 0.717) is 19.0 Å². The van der Waals surface area contributed by atoms with Crippen LogP contribution in [-0.2, 0) is 11.2 Å². The summed E-state index contributed by atoms with van der Waals surface area (Å²) < 4.78 is 0. The standard InChI is InChI=1S/C17H26N2O/c1-13-6-7-15(11-14(13)2)12-17(20)19-10-4-3-5-16(19)8-9-18/h6-7,11,16H,3-5,8-10,12,18H2,1-2H3. The third-order valence-corrected chi connectivity index (χ3v) is 4.37. The Bertz CT molecular complexity index is 468. The third-order valence-electron chi connectivity index (χ3n) is 4.37. The van der Waals surface area contributed by atoms with E-state index in [-0.39, 0.29) is 5.91 Å². The molecule has 2 rings (SSSR count). The molecular weight excluding hydrogens is 248 g/mol. The van der Waals surface area contributed by atoms with Crippen molar-refractivity contribution in [3.63, 3.8) is 0 Å². The molecule has 1 amide bonds. The van der Waals surface area contributed by atoms with Crippen LogP contribution in [0.5, 0.6) is 0 Å². The molecule has 1 atom stereocenters. The quantitative estimate of drug-likeness (QED) is 0.917. The van der Waals surface area contributed by atoms with Crippen LogP contribution in [0.3, 0.4) is 0 Å². The summed E-state index contributed by atoms with van der Waals surface area (Å²) in [6.45, 7) is 5.76. The number of hydrogen-bond acceptors (Lipinski definition) is 2. The first-order valence-corrected chi connectivity index (χ1v) is 7.67. The molecule has 1 saturated heterocycles. The third kappa shape index (κ3) is 3.60. The molecular formula is C17H26N2O. The van der Waals surface area contributed by atoms with Gasteiger partial charge < -0.3 is 10.6 Å². The second-order valence-corrected chi connectivity index (χ2v) is 5.91. The normalized spacial score (nSPS) is 19.1. The largest absolute Gasteiger partial charge is 0.339 e. The molecule has 0 aromatic heterocycles. The number of benzene rings is 1. The van der Waals surface area contributed by atoms with Crippen molar-refractivity contribution in [2.45, 2.75) is 52.0 Å². The zero-order valence-corrected chi connectivity index (χ0v) is 12.7. The van der Waals surface area contributed by atoms with Gasteiger partial charge in [0.25, 0.3) is 0 Å². The maximum absolute atomic E-state index is 12.5. The van der Waals surface area contributed by atoms with E-state index in [1.165, 1.54) is 17.5 Å². The van der Waals surface area contributed by atoms with Crippen molar-refractivity contribution in [1.29, 1.82) is 0 Å². The summed E-state index contributed by atoms with van der Waals surface area (Å²) in [5.41, 5.74) is 9.33. The number of carbonyl (C=O) groups excluding carboxylic acids is 1. The zero-order chi connectivity index (χ0) is 14.5. The molecule has 1 aromatic rings. The summed E-state index contributed by atoms with van der Waals surface area (Å²) in [6.07, 6.45) is 4.90. The molecule has 2 N–H and O–H groups in total. The van der Waals surface area contributed by atoms with Crippen LogP contribution >= 0.6 is 0 Å². The number of nitrogens with two attached hydrogens (primary N) is 1. The molecule has 20 heavy (non-hydrogen) atoms. The van der Waals surface area contributed by atoms with Crippen molar-refractivity contribution in [2.75, 3.05) is 13.1 Å². The fourth-order valence-electron chi connectivity index (χ4n) is 3.01. The lowest BCUT2D eigenvalue weighted by atomic mass is 9.97. The fourth-order valence-corrected chi connectivity index (χ4v) is 3.01. The minimum atomic E-state index is 0.256. The van der Waals surface area contributed by atoms with Crippen LogP contribution in [0.4, 0.5) is 0 Å². The first-order valence-electron chi connectivity index (χ1n) is 7.67. The Morgan fingerprint density at radius 1 is 1.30 bits per heavy atom. The minimum absolute atomic E-state index is 0.256. The molecule has 0 saturated carbocycles. The Hall–Kier alpha value is -1.35. The highest BCUT2D eigenvalue weighted by Crippen LogP contribution is 2.21. The van der Waals surface area contributed by atoms with Crippen LogP contribution in [0, 0.1) is 13.8 Å². The second kappa shape index (κ2) is 6.89. The number of hydrogen-bond donors (Lipinski definition) is 1. The Morgan fingerprint density at radius 3 is 2.80 bits per heavy atom. The van der Waals surface area contributed by atoms with Crippen molar-refractivity contribution in [3.05, 3.63) is 34.9 Å². The number of nitrogens with zero attached hydrogens (tertiary/aromatic N) is 1. The Kier molecular flexibility index (Phi) is 5.18. The second-order valence-electron chi connectivity index (χ2n) is 5.91. The van der Waals surface area contributed by atoms with Gasteiger partial charge in [0, 0.05) is 12.6 Å². The molecule has 0 bridgehead atoms. The van der Waals surface area contributed by atoms with Gasteiger partial charge in [0.1, 0.15) is 0 Å². The molecule has 1 aromatic carbocycles.